The molecule has 2 aromatic rings. The molecule has 0 spiro atoms. The van der Waals surface area contributed by atoms with Crippen LogP contribution in [-0.4, -0.2) is 12.1 Å². The van der Waals surface area contributed by atoms with E-state index >= 15 is 0 Å². The van der Waals surface area contributed by atoms with Gasteiger partial charge in [-0.2, -0.15) is 0 Å². The number of aryl methyl sites for hydroxylation is 2. The van der Waals surface area contributed by atoms with Crippen molar-refractivity contribution in [2.45, 2.75) is 52.1 Å². The summed E-state index contributed by atoms with van der Waals surface area (Å²) < 4.78 is 5.36. The van der Waals surface area contributed by atoms with E-state index < -0.39 is 0 Å². The lowest BCUT2D eigenvalue weighted by Crippen LogP contribution is -2.36. The molecule has 1 N–H and O–H groups in total. The summed E-state index contributed by atoms with van der Waals surface area (Å²) in [4.78, 5) is 2.86. The van der Waals surface area contributed by atoms with Crippen molar-refractivity contribution in [1.29, 1.82) is 0 Å². The predicted octanol–water partition coefficient (Wildman–Crippen LogP) is 4.19. The number of rotatable bonds is 7. The Morgan fingerprint density at radius 2 is 2.05 bits per heavy atom. The van der Waals surface area contributed by atoms with Crippen LogP contribution < -0.4 is 5.32 Å². The van der Waals surface area contributed by atoms with Crippen molar-refractivity contribution in [2.24, 2.45) is 0 Å². The molecule has 0 saturated heterocycles. The van der Waals surface area contributed by atoms with E-state index in [9.17, 15) is 0 Å². The first-order valence-corrected chi connectivity index (χ1v) is 7.79. The first-order valence-electron chi connectivity index (χ1n) is 6.97. The Morgan fingerprint density at radius 3 is 2.68 bits per heavy atom. The summed E-state index contributed by atoms with van der Waals surface area (Å²) in [5.41, 5.74) is 0. The van der Waals surface area contributed by atoms with Gasteiger partial charge in [0.2, 0.25) is 0 Å². The molecule has 19 heavy (non-hydrogen) atoms. The number of furan rings is 1. The van der Waals surface area contributed by atoms with E-state index in [1.165, 1.54) is 9.75 Å². The van der Waals surface area contributed by atoms with Crippen molar-refractivity contribution in [2.75, 3.05) is 0 Å². The van der Waals surface area contributed by atoms with Gasteiger partial charge in [-0.1, -0.05) is 0 Å². The van der Waals surface area contributed by atoms with Gasteiger partial charge < -0.3 is 9.73 Å². The lowest BCUT2D eigenvalue weighted by atomic mass is 10.1. The number of hydrogen-bond acceptors (Lipinski definition) is 3. The van der Waals surface area contributed by atoms with Gasteiger partial charge in [-0.15, -0.1) is 11.3 Å². The van der Waals surface area contributed by atoms with Gasteiger partial charge in [-0.3, -0.25) is 0 Å². The maximum absolute atomic E-state index is 5.36. The first-order chi connectivity index (χ1) is 9.13. The molecule has 0 bridgehead atoms. The highest BCUT2D eigenvalue weighted by Crippen LogP contribution is 2.17. The second kappa shape index (κ2) is 6.92. The van der Waals surface area contributed by atoms with E-state index in [1.807, 2.05) is 23.5 Å². The van der Waals surface area contributed by atoms with Gasteiger partial charge in [-0.05, 0) is 57.9 Å². The molecular weight excluding hydrogens is 254 g/mol. The minimum Gasteiger partial charge on any atom is -0.469 e. The van der Waals surface area contributed by atoms with Crippen LogP contribution in [0.1, 0.15) is 35.8 Å². The van der Waals surface area contributed by atoms with E-state index in [0.29, 0.717) is 12.1 Å². The Labute approximate surface area is 119 Å². The maximum Gasteiger partial charge on any atom is 0.103 e. The second-order valence-electron chi connectivity index (χ2n) is 5.30. The molecule has 2 unspecified atom stereocenters. The maximum atomic E-state index is 5.36. The highest BCUT2D eigenvalue weighted by Gasteiger charge is 2.10. The predicted molar refractivity (Wildman–Crippen MR) is 81.8 cm³/mol. The lowest BCUT2D eigenvalue weighted by Gasteiger charge is -2.19. The average molecular weight is 277 g/mol. The average Bonchev–Trinajstić information content (AvgIpc) is 2.98. The van der Waals surface area contributed by atoms with Crippen LogP contribution in [0.15, 0.2) is 34.9 Å². The third kappa shape index (κ3) is 4.84. The van der Waals surface area contributed by atoms with Crippen molar-refractivity contribution in [1.82, 2.24) is 5.32 Å². The van der Waals surface area contributed by atoms with Crippen molar-refractivity contribution in [3.63, 3.8) is 0 Å². The van der Waals surface area contributed by atoms with Gasteiger partial charge in [0.05, 0.1) is 6.26 Å². The topological polar surface area (TPSA) is 25.2 Å². The zero-order chi connectivity index (χ0) is 13.7. The van der Waals surface area contributed by atoms with Gasteiger partial charge in [0.25, 0.3) is 0 Å². The summed E-state index contributed by atoms with van der Waals surface area (Å²) in [7, 11) is 0. The molecule has 0 aromatic carbocycles. The molecule has 2 atom stereocenters. The normalized spacial score (nSPS) is 14.5. The molecule has 104 valence electrons. The van der Waals surface area contributed by atoms with Crippen molar-refractivity contribution < 1.29 is 4.42 Å². The molecule has 3 heteroatoms. The van der Waals surface area contributed by atoms with Crippen molar-refractivity contribution in [3.05, 3.63) is 46.0 Å². The fraction of sp³-hybridized carbons (Fsp3) is 0.500. The molecule has 0 amide bonds. The van der Waals surface area contributed by atoms with Gasteiger partial charge in [0.1, 0.15) is 5.76 Å². The largest absolute Gasteiger partial charge is 0.469 e. The van der Waals surface area contributed by atoms with Crippen LogP contribution in [0.4, 0.5) is 0 Å². The zero-order valence-corrected chi connectivity index (χ0v) is 12.8. The van der Waals surface area contributed by atoms with E-state index in [0.717, 1.165) is 25.0 Å². The fourth-order valence-corrected chi connectivity index (χ4v) is 3.36. The van der Waals surface area contributed by atoms with Crippen LogP contribution in [0.5, 0.6) is 0 Å². The highest BCUT2D eigenvalue weighted by molar-refractivity contribution is 7.11. The Balaban J connectivity index is 1.70. The highest BCUT2D eigenvalue weighted by atomic mass is 32.1. The summed E-state index contributed by atoms with van der Waals surface area (Å²) in [6, 6.07) is 9.48. The van der Waals surface area contributed by atoms with E-state index in [1.54, 1.807) is 6.26 Å². The number of hydrogen-bond donors (Lipinski definition) is 1. The van der Waals surface area contributed by atoms with Crippen LogP contribution >= 0.6 is 11.3 Å². The molecule has 2 heterocycles. The molecule has 0 aliphatic carbocycles. The molecule has 2 rings (SSSR count). The van der Waals surface area contributed by atoms with Crippen LogP contribution in [0.25, 0.3) is 0 Å². The van der Waals surface area contributed by atoms with Crippen LogP contribution in [0, 0.1) is 6.92 Å². The molecule has 0 aliphatic heterocycles. The van der Waals surface area contributed by atoms with Crippen molar-refractivity contribution in [3.8, 4) is 0 Å². The minimum absolute atomic E-state index is 0.515. The summed E-state index contributed by atoms with van der Waals surface area (Å²) in [6.45, 7) is 6.68. The summed E-state index contributed by atoms with van der Waals surface area (Å²) in [6.07, 6.45) is 4.98. The first kappa shape index (κ1) is 14.4. The molecule has 0 fully saturated rings. The van der Waals surface area contributed by atoms with Crippen LogP contribution in [-0.2, 0) is 12.8 Å². The lowest BCUT2D eigenvalue weighted by molar-refractivity contribution is 0.424. The Kier molecular flexibility index (Phi) is 5.23. The third-order valence-electron chi connectivity index (χ3n) is 3.28. The smallest absolute Gasteiger partial charge is 0.103 e. The molecular formula is C16H23NOS. The molecule has 2 nitrogen and oxygen atoms in total. The Bertz CT molecular complexity index is 475. The third-order valence-corrected chi connectivity index (χ3v) is 4.30. The molecule has 0 aliphatic rings. The zero-order valence-electron chi connectivity index (χ0n) is 12.0. The minimum atomic E-state index is 0.515. The summed E-state index contributed by atoms with van der Waals surface area (Å²) in [5, 5.41) is 3.67. The Morgan fingerprint density at radius 1 is 1.21 bits per heavy atom. The summed E-state index contributed by atoms with van der Waals surface area (Å²) >= 11 is 1.90. The second-order valence-corrected chi connectivity index (χ2v) is 6.68. The van der Waals surface area contributed by atoms with E-state index in [2.05, 4.69) is 38.2 Å². The number of thiophene rings is 1. The van der Waals surface area contributed by atoms with Gasteiger partial charge >= 0.3 is 0 Å². The monoisotopic (exact) mass is 277 g/mol. The van der Waals surface area contributed by atoms with E-state index in [4.69, 9.17) is 4.42 Å². The SMILES string of the molecule is Cc1ccc(CC(C)NC(C)CCc2ccco2)s1. The van der Waals surface area contributed by atoms with Crippen molar-refractivity contribution >= 4 is 11.3 Å². The quantitative estimate of drug-likeness (QED) is 0.821. The Hall–Kier alpha value is -1.06. The van der Waals surface area contributed by atoms with Gasteiger partial charge in [0.15, 0.2) is 0 Å². The standard InChI is InChI=1S/C16H23NOS/c1-12(6-8-15-5-4-10-18-15)17-13(2)11-16-9-7-14(3)19-16/h4-5,7,9-10,12-13,17H,6,8,11H2,1-3H3. The van der Waals surface area contributed by atoms with E-state index in [-0.39, 0.29) is 0 Å². The van der Waals surface area contributed by atoms with Gasteiger partial charge in [-0.25, -0.2) is 0 Å². The van der Waals surface area contributed by atoms with Crippen LogP contribution in [0.2, 0.25) is 0 Å². The van der Waals surface area contributed by atoms with Gasteiger partial charge in [0, 0.05) is 28.3 Å². The fourth-order valence-electron chi connectivity index (χ4n) is 2.34. The summed E-state index contributed by atoms with van der Waals surface area (Å²) in [5.74, 6) is 1.08. The molecule has 0 radical (unpaired) electrons. The number of nitrogens with one attached hydrogen (secondary N) is 1. The van der Waals surface area contributed by atoms with Crippen LogP contribution in [0.3, 0.4) is 0 Å². The molecule has 2 aromatic heterocycles. The molecule has 0 saturated carbocycles.